The Hall–Kier alpha value is -2.85. The Kier molecular flexibility index (Phi) is 7.47. The van der Waals surface area contributed by atoms with Gasteiger partial charge in [0.1, 0.15) is 6.07 Å². The number of halogens is 1. The Bertz CT molecular complexity index is 939. The van der Waals surface area contributed by atoms with E-state index in [9.17, 15) is 14.9 Å². The van der Waals surface area contributed by atoms with Gasteiger partial charge >= 0.3 is 0 Å². The lowest BCUT2D eigenvalue weighted by Crippen LogP contribution is -2.38. The number of para-hydroxylation sites is 1. The van der Waals surface area contributed by atoms with Crippen molar-refractivity contribution in [1.82, 2.24) is 10.2 Å². The molecule has 0 saturated carbocycles. The van der Waals surface area contributed by atoms with Crippen molar-refractivity contribution in [2.75, 3.05) is 31.1 Å². The van der Waals surface area contributed by atoms with Crippen molar-refractivity contribution in [3.63, 3.8) is 0 Å². The lowest BCUT2D eigenvalue weighted by Gasteiger charge is -2.26. The fourth-order valence-corrected chi connectivity index (χ4v) is 4.01. The van der Waals surface area contributed by atoms with Crippen LogP contribution in [0.3, 0.4) is 0 Å². The van der Waals surface area contributed by atoms with Crippen LogP contribution in [0.4, 0.5) is 5.69 Å². The Morgan fingerprint density at radius 3 is 2.53 bits per heavy atom. The highest BCUT2D eigenvalue weighted by atomic mass is 79.9. The second kappa shape index (κ2) is 10.3. The first-order valence-corrected chi connectivity index (χ1v) is 10.8. The Balaban J connectivity index is 1.68. The van der Waals surface area contributed by atoms with Crippen molar-refractivity contribution in [2.24, 2.45) is 0 Å². The summed E-state index contributed by atoms with van der Waals surface area (Å²) in [6.07, 6.45) is 1.05. The molecule has 0 aliphatic carbocycles. The topological polar surface area (TPSA) is 76.4 Å². The molecule has 0 bridgehead atoms. The molecule has 1 fully saturated rings. The molecular formula is C23H25BrN4O2. The summed E-state index contributed by atoms with van der Waals surface area (Å²) in [7, 11) is 0. The van der Waals surface area contributed by atoms with Crippen LogP contribution < -0.4 is 10.2 Å². The number of hydrogen-bond donors (Lipinski definition) is 1. The van der Waals surface area contributed by atoms with Crippen LogP contribution in [0.2, 0.25) is 0 Å². The zero-order valence-electron chi connectivity index (χ0n) is 17.0. The fourth-order valence-electron chi connectivity index (χ4n) is 3.75. The number of carbonyl (C=O) groups is 2. The molecule has 2 aromatic rings. The smallest absolute Gasteiger partial charge is 0.225 e. The number of nitrogens with zero attached hydrogens (tertiary/aromatic N) is 3. The monoisotopic (exact) mass is 468 g/mol. The van der Waals surface area contributed by atoms with Gasteiger partial charge in [0.25, 0.3) is 0 Å². The van der Waals surface area contributed by atoms with E-state index < -0.39 is 0 Å². The van der Waals surface area contributed by atoms with Crippen LogP contribution in [0.15, 0.2) is 53.0 Å². The van der Waals surface area contributed by atoms with E-state index in [1.54, 1.807) is 0 Å². The maximum atomic E-state index is 13.0. The van der Waals surface area contributed by atoms with E-state index in [4.69, 9.17) is 0 Å². The molecule has 1 atom stereocenters. The van der Waals surface area contributed by atoms with Crippen LogP contribution in [0.1, 0.15) is 36.9 Å². The van der Waals surface area contributed by atoms with Crippen LogP contribution in [0.5, 0.6) is 0 Å². The van der Waals surface area contributed by atoms with E-state index in [1.807, 2.05) is 53.4 Å². The van der Waals surface area contributed by atoms with Crippen LogP contribution in [0.25, 0.3) is 0 Å². The molecule has 0 spiro atoms. The van der Waals surface area contributed by atoms with E-state index in [2.05, 4.69) is 32.2 Å². The predicted octanol–water partition coefficient (Wildman–Crippen LogP) is 3.63. The van der Waals surface area contributed by atoms with Gasteiger partial charge in [-0.1, -0.05) is 40.2 Å². The highest BCUT2D eigenvalue weighted by molar-refractivity contribution is 9.10. The molecule has 0 aromatic heterocycles. The molecular weight excluding hydrogens is 444 g/mol. The van der Waals surface area contributed by atoms with Crippen LogP contribution >= 0.6 is 15.9 Å². The van der Waals surface area contributed by atoms with E-state index >= 15 is 0 Å². The van der Waals surface area contributed by atoms with Gasteiger partial charge in [-0.05, 0) is 36.2 Å². The third kappa shape index (κ3) is 5.61. The zero-order valence-corrected chi connectivity index (χ0v) is 18.6. The minimum atomic E-state index is -0.359. The van der Waals surface area contributed by atoms with Crippen molar-refractivity contribution in [3.05, 3.63) is 64.1 Å². The molecule has 3 rings (SSSR count). The van der Waals surface area contributed by atoms with Gasteiger partial charge in [0.05, 0.1) is 23.7 Å². The molecule has 7 heteroatoms. The van der Waals surface area contributed by atoms with Crippen molar-refractivity contribution in [3.8, 4) is 6.07 Å². The third-order valence-corrected chi connectivity index (χ3v) is 5.77. The van der Waals surface area contributed by atoms with Gasteiger partial charge in [-0.2, -0.15) is 5.26 Å². The Labute approximate surface area is 185 Å². The van der Waals surface area contributed by atoms with E-state index in [0.717, 1.165) is 28.7 Å². The third-order valence-electron chi connectivity index (χ3n) is 5.24. The second-order valence-corrected chi connectivity index (χ2v) is 8.27. The lowest BCUT2D eigenvalue weighted by atomic mass is 10.0. The standard InChI is InChI=1S/C23H25BrN4O2/c1-17(29)26-21(18-7-9-20(24)10-8-18)15-23(30)28-12-4-11-27(13-14-28)22-6-3-2-5-19(22)16-25/h2-3,5-10,21H,4,11-15H2,1H3,(H,26,29). The van der Waals surface area contributed by atoms with E-state index in [-0.39, 0.29) is 24.3 Å². The summed E-state index contributed by atoms with van der Waals surface area (Å²) >= 11 is 3.42. The highest BCUT2D eigenvalue weighted by Crippen LogP contribution is 2.23. The van der Waals surface area contributed by atoms with Gasteiger partial charge in [-0.3, -0.25) is 9.59 Å². The van der Waals surface area contributed by atoms with Crippen molar-refractivity contribution < 1.29 is 9.59 Å². The van der Waals surface area contributed by atoms with Crippen molar-refractivity contribution in [1.29, 1.82) is 5.26 Å². The number of anilines is 1. The van der Waals surface area contributed by atoms with Gasteiger partial charge < -0.3 is 15.1 Å². The minimum absolute atomic E-state index is 0.0205. The van der Waals surface area contributed by atoms with Crippen molar-refractivity contribution in [2.45, 2.75) is 25.8 Å². The van der Waals surface area contributed by atoms with Gasteiger partial charge in [-0.25, -0.2) is 0 Å². The SMILES string of the molecule is CC(=O)NC(CC(=O)N1CCCN(c2ccccc2C#N)CC1)c1ccc(Br)cc1. The van der Waals surface area contributed by atoms with E-state index in [1.165, 1.54) is 6.92 Å². The molecule has 1 heterocycles. The molecule has 1 aliphatic rings. The summed E-state index contributed by atoms with van der Waals surface area (Å²) in [5.41, 5.74) is 2.47. The summed E-state index contributed by atoms with van der Waals surface area (Å²) in [6.45, 7) is 4.19. The molecule has 2 aromatic carbocycles. The molecule has 1 saturated heterocycles. The maximum Gasteiger partial charge on any atom is 0.225 e. The van der Waals surface area contributed by atoms with Gasteiger partial charge in [-0.15, -0.1) is 0 Å². The fraction of sp³-hybridized carbons (Fsp3) is 0.348. The first-order valence-electron chi connectivity index (χ1n) is 10.0. The molecule has 156 valence electrons. The largest absolute Gasteiger partial charge is 0.369 e. The molecule has 1 aliphatic heterocycles. The van der Waals surface area contributed by atoms with Crippen LogP contribution in [-0.4, -0.2) is 42.9 Å². The maximum absolute atomic E-state index is 13.0. The normalized spacial score (nSPS) is 15.1. The average Bonchev–Trinajstić information content (AvgIpc) is 3.00. The molecule has 1 unspecified atom stereocenters. The van der Waals surface area contributed by atoms with Crippen molar-refractivity contribution >= 4 is 33.4 Å². The summed E-state index contributed by atoms with van der Waals surface area (Å²) in [5.74, 6) is -0.141. The molecule has 2 amide bonds. The Morgan fingerprint density at radius 2 is 1.83 bits per heavy atom. The number of rotatable bonds is 5. The molecule has 0 radical (unpaired) electrons. The summed E-state index contributed by atoms with van der Waals surface area (Å²) in [5, 5.41) is 12.3. The quantitative estimate of drug-likeness (QED) is 0.726. The number of nitriles is 1. The number of carbonyl (C=O) groups excluding carboxylic acids is 2. The first kappa shape index (κ1) is 21.8. The summed E-state index contributed by atoms with van der Waals surface area (Å²) < 4.78 is 0.949. The molecule has 30 heavy (non-hydrogen) atoms. The van der Waals surface area contributed by atoms with Crippen LogP contribution in [-0.2, 0) is 9.59 Å². The Morgan fingerprint density at radius 1 is 1.10 bits per heavy atom. The summed E-state index contributed by atoms with van der Waals surface area (Å²) in [6, 6.07) is 17.1. The number of nitrogens with one attached hydrogen (secondary N) is 1. The van der Waals surface area contributed by atoms with Gasteiger partial charge in [0.2, 0.25) is 11.8 Å². The van der Waals surface area contributed by atoms with Gasteiger partial charge in [0, 0.05) is 37.6 Å². The summed E-state index contributed by atoms with van der Waals surface area (Å²) in [4.78, 5) is 28.8. The molecule has 1 N–H and O–H groups in total. The first-order chi connectivity index (χ1) is 14.5. The van der Waals surface area contributed by atoms with Crippen LogP contribution in [0, 0.1) is 11.3 Å². The highest BCUT2D eigenvalue weighted by Gasteiger charge is 2.24. The lowest BCUT2D eigenvalue weighted by molar-refractivity contribution is -0.131. The zero-order chi connectivity index (χ0) is 21.5. The number of hydrogen-bond acceptors (Lipinski definition) is 4. The van der Waals surface area contributed by atoms with E-state index in [0.29, 0.717) is 25.2 Å². The second-order valence-electron chi connectivity index (χ2n) is 7.36. The number of amides is 2. The minimum Gasteiger partial charge on any atom is -0.369 e. The molecule has 6 nitrogen and oxygen atoms in total. The average molecular weight is 469 g/mol. The predicted molar refractivity (Wildman–Crippen MR) is 120 cm³/mol. The van der Waals surface area contributed by atoms with Gasteiger partial charge in [0.15, 0.2) is 0 Å². The number of benzene rings is 2.